The molecule has 0 aliphatic rings. The number of tetrazole rings is 1. The number of hydrogen-bond donors (Lipinski definition) is 1. The van der Waals surface area contributed by atoms with Crippen LogP contribution in [0.4, 0.5) is 0 Å². The van der Waals surface area contributed by atoms with Crippen LogP contribution >= 0.6 is 0 Å². The first-order valence-corrected chi connectivity index (χ1v) is 8.87. The summed E-state index contributed by atoms with van der Waals surface area (Å²) in [6, 6.07) is 15.1. The van der Waals surface area contributed by atoms with Gasteiger partial charge in [-0.3, -0.25) is 9.59 Å². The van der Waals surface area contributed by atoms with E-state index in [-0.39, 0.29) is 11.3 Å². The molecule has 1 atom stereocenters. The molecule has 0 aliphatic heterocycles. The van der Waals surface area contributed by atoms with Crippen LogP contribution in [-0.2, 0) is 20.7 Å². The van der Waals surface area contributed by atoms with E-state index in [0.29, 0.717) is 12.1 Å². The molecule has 0 radical (unpaired) electrons. The van der Waals surface area contributed by atoms with Crippen LogP contribution in [0.1, 0.15) is 22.8 Å². The first kappa shape index (κ1) is 19.9. The zero-order valence-corrected chi connectivity index (χ0v) is 15.7. The van der Waals surface area contributed by atoms with Crippen molar-refractivity contribution in [3.05, 3.63) is 72.1 Å². The van der Waals surface area contributed by atoms with Gasteiger partial charge in [-0.15, -0.1) is 5.10 Å². The number of carbonyl (C=O) groups excluding carboxylic acids is 3. The smallest absolute Gasteiger partial charge is 0.338 e. The summed E-state index contributed by atoms with van der Waals surface area (Å²) in [6.45, 7) is 0.929. The Labute approximate surface area is 166 Å². The molecule has 1 amide bonds. The lowest BCUT2D eigenvalue weighted by Gasteiger charge is -2.16. The number of Topliss-reactive ketones (excluding diaryl/α,β-unsaturated/α-hetero) is 1. The molecule has 3 aromatic rings. The van der Waals surface area contributed by atoms with Crippen molar-refractivity contribution in [3.8, 4) is 5.69 Å². The molecule has 9 nitrogen and oxygen atoms in total. The summed E-state index contributed by atoms with van der Waals surface area (Å²) < 4.78 is 6.48. The Bertz CT molecular complexity index is 972. The van der Waals surface area contributed by atoms with E-state index in [1.165, 1.54) is 17.9 Å². The molecule has 29 heavy (non-hydrogen) atoms. The lowest BCUT2D eigenvalue weighted by Crippen LogP contribution is -2.43. The minimum absolute atomic E-state index is 0.174. The number of ether oxygens (including phenoxy) is 1. The van der Waals surface area contributed by atoms with Gasteiger partial charge in [-0.1, -0.05) is 30.3 Å². The maximum Gasteiger partial charge on any atom is 0.338 e. The summed E-state index contributed by atoms with van der Waals surface area (Å²) in [5.41, 5.74) is 1.88. The Morgan fingerprint density at radius 2 is 1.79 bits per heavy atom. The lowest BCUT2D eigenvalue weighted by atomic mass is 10.0. The van der Waals surface area contributed by atoms with Crippen molar-refractivity contribution in [3.63, 3.8) is 0 Å². The molecule has 0 saturated carbocycles. The monoisotopic (exact) mass is 393 g/mol. The Morgan fingerprint density at radius 3 is 2.41 bits per heavy atom. The number of ketones is 1. The van der Waals surface area contributed by atoms with Crippen molar-refractivity contribution in [2.75, 3.05) is 6.61 Å². The third-order valence-electron chi connectivity index (χ3n) is 4.16. The molecule has 1 N–H and O–H groups in total. The molecule has 0 fully saturated rings. The second-order valence-corrected chi connectivity index (χ2v) is 6.30. The maximum atomic E-state index is 12.1. The highest BCUT2D eigenvalue weighted by molar-refractivity contribution is 5.92. The number of carbonyl (C=O) groups is 3. The van der Waals surface area contributed by atoms with Gasteiger partial charge in [0.25, 0.3) is 5.91 Å². The summed E-state index contributed by atoms with van der Waals surface area (Å²) in [5, 5.41) is 13.4. The highest BCUT2D eigenvalue weighted by atomic mass is 16.5. The van der Waals surface area contributed by atoms with Crippen LogP contribution in [0.5, 0.6) is 0 Å². The fraction of sp³-hybridized carbons (Fsp3) is 0.200. The van der Waals surface area contributed by atoms with Crippen molar-refractivity contribution in [2.45, 2.75) is 19.4 Å². The van der Waals surface area contributed by atoms with E-state index in [9.17, 15) is 14.4 Å². The first-order valence-electron chi connectivity index (χ1n) is 8.87. The summed E-state index contributed by atoms with van der Waals surface area (Å²) in [4.78, 5) is 36.1. The van der Waals surface area contributed by atoms with Crippen molar-refractivity contribution in [1.29, 1.82) is 0 Å². The lowest BCUT2D eigenvalue weighted by molar-refractivity contribution is -0.128. The maximum absolute atomic E-state index is 12.1. The molecule has 0 aliphatic carbocycles. The topological polar surface area (TPSA) is 116 Å². The van der Waals surface area contributed by atoms with Crippen molar-refractivity contribution >= 4 is 17.7 Å². The van der Waals surface area contributed by atoms with Crippen LogP contribution in [0.2, 0.25) is 0 Å². The number of nitrogens with one attached hydrogen (secondary N) is 1. The molecule has 1 aromatic heterocycles. The number of hydrogen-bond acceptors (Lipinski definition) is 7. The number of rotatable bonds is 8. The van der Waals surface area contributed by atoms with Crippen LogP contribution in [0.15, 0.2) is 60.9 Å². The minimum Gasteiger partial charge on any atom is -0.452 e. The first-order chi connectivity index (χ1) is 14.0. The molecule has 2 aromatic carbocycles. The highest BCUT2D eigenvalue weighted by Crippen LogP contribution is 2.09. The van der Waals surface area contributed by atoms with Crippen LogP contribution in [-0.4, -0.2) is 50.5 Å². The number of aromatic nitrogens is 4. The molecule has 1 heterocycles. The second kappa shape index (κ2) is 9.36. The Hall–Kier alpha value is -3.88. The molecule has 0 saturated heterocycles. The van der Waals surface area contributed by atoms with Gasteiger partial charge in [0.1, 0.15) is 6.33 Å². The summed E-state index contributed by atoms with van der Waals surface area (Å²) in [7, 11) is 0. The van der Waals surface area contributed by atoms with Gasteiger partial charge in [0.2, 0.25) is 0 Å². The third kappa shape index (κ3) is 5.55. The third-order valence-corrected chi connectivity index (χ3v) is 4.16. The van der Waals surface area contributed by atoms with Crippen LogP contribution in [0, 0.1) is 0 Å². The number of nitrogens with zero attached hydrogens (tertiary/aromatic N) is 4. The normalized spacial score (nSPS) is 11.5. The van der Waals surface area contributed by atoms with Gasteiger partial charge < -0.3 is 10.1 Å². The fourth-order valence-corrected chi connectivity index (χ4v) is 2.63. The molecular weight excluding hydrogens is 374 g/mol. The van der Waals surface area contributed by atoms with E-state index in [0.717, 1.165) is 5.56 Å². The van der Waals surface area contributed by atoms with Gasteiger partial charge in [0.15, 0.2) is 12.4 Å². The van der Waals surface area contributed by atoms with E-state index in [2.05, 4.69) is 20.8 Å². The van der Waals surface area contributed by atoms with Crippen molar-refractivity contribution in [1.82, 2.24) is 25.5 Å². The van der Waals surface area contributed by atoms with E-state index in [1.807, 2.05) is 30.3 Å². The standard InChI is InChI=1S/C20H19N5O4/c1-14(26)18(11-15-5-3-2-4-6-15)22-19(27)12-29-20(28)16-7-9-17(10-8-16)25-13-21-23-24-25/h2-10,13,18H,11-12H2,1H3,(H,22,27)/t18-/m1/s1. The van der Waals surface area contributed by atoms with E-state index in [1.54, 1.807) is 24.3 Å². The van der Waals surface area contributed by atoms with Gasteiger partial charge in [-0.25, -0.2) is 9.48 Å². The van der Waals surface area contributed by atoms with Gasteiger partial charge in [0.05, 0.1) is 17.3 Å². The van der Waals surface area contributed by atoms with E-state index >= 15 is 0 Å². The highest BCUT2D eigenvalue weighted by Gasteiger charge is 2.19. The largest absolute Gasteiger partial charge is 0.452 e. The molecule has 0 spiro atoms. The Morgan fingerprint density at radius 1 is 1.07 bits per heavy atom. The van der Waals surface area contributed by atoms with Gasteiger partial charge in [-0.05, 0) is 53.6 Å². The van der Waals surface area contributed by atoms with Gasteiger partial charge in [0, 0.05) is 0 Å². The van der Waals surface area contributed by atoms with Crippen LogP contribution in [0.3, 0.4) is 0 Å². The summed E-state index contributed by atoms with van der Waals surface area (Å²) >= 11 is 0. The average molecular weight is 393 g/mol. The average Bonchev–Trinajstić information content (AvgIpc) is 3.27. The Balaban J connectivity index is 1.52. The van der Waals surface area contributed by atoms with Crippen molar-refractivity contribution in [2.24, 2.45) is 0 Å². The van der Waals surface area contributed by atoms with E-state index in [4.69, 9.17) is 4.74 Å². The van der Waals surface area contributed by atoms with Crippen LogP contribution in [0.25, 0.3) is 5.69 Å². The second-order valence-electron chi connectivity index (χ2n) is 6.30. The Kier molecular flexibility index (Phi) is 6.41. The zero-order chi connectivity index (χ0) is 20.6. The fourth-order valence-electron chi connectivity index (χ4n) is 2.63. The zero-order valence-electron chi connectivity index (χ0n) is 15.7. The molecule has 3 rings (SSSR count). The van der Waals surface area contributed by atoms with Crippen molar-refractivity contribution < 1.29 is 19.1 Å². The molecule has 0 unspecified atom stereocenters. The van der Waals surface area contributed by atoms with Gasteiger partial charge in [-0.2, -0.15) is 0 Å². The van der Waals surface area contributed by atoms with E-state index < -0.39 is 24.5 Å². The van der Waals surface area contributed by atoms with Gasteiger partial charge >= 0.3 is 5.97 Å². The summed E-state index contributed by atoms with van der Waals surface area (Å²) in [5.74, 6) is -1.36. The molecule has 9 heteroatoms. The predicted molar refractivity (Wildman–Crippen MR) is 102 cm³/mol. The molecular formula is C20H19N5O4. The number of benzene rings is 2. The molecule has 0 bridgehead atoms. The quantitative estimate of drug-likeness (QED) is 0.570. The minimum atomic E-state index is -0.681. The predicted octanol–water partition coefficient (Wildman–Crippen LogP) is 1.14. The summed E-state index contributed by atoms with van der Waals surface area (Å²) in [6.07, 6.45) is 1.80. The number of esters is 1. The number of amides is 1. The van der Waals surface area contributed by atoms with Crippen LogP contribution < -0.4 is 5.32 Å². The molecule has 148 valence electrons. The SMILES string of the molecule is CC(=O)[C@@H](Cc1ccccc1)NC(=O)COC(=O)c1ccc(-n2cnnn2)cc1.